The zero-order valence-corrected chi connectivity index (χ0v) is 15.9. The Morgan fingerprint density at radius 1 is 1.31 bits per heavy atom. The topological polar surface area (TPSA) is 101 Å². The average Bonchev–Trinajstić information content (AvgIpc) is 2.94. The Morgan fingerprint density at radius 3 is 2.85 bits per heavy atom. The molecule has 1 aliphatic carbocycles. The van der Waals surface area contributed by atoms with Gasteiger partial charge in [0.15, 0.2) is 9.84 Å². The Balaban J connectivity index is 1.58. The highest BCUT2D eigenvalue weighted by atomic mass is 32.2. The van der Waals surface area contributed by atoms with E-state index in [1.165, 1.54) is 18.4 Å². The molecule has 3 rings (SSSR count). The standard InChI is InChI=1S/C18H26N4O3S/c1-13-11-16(17(23)21-15-8-10-26(24,25)12-15)22-18(20-13)19-9-7-14-5-3-2-4-6-14/h5,11,15H,2-4,6-10,12H2,1H3,(H,21,23)(H,19,20,22). The number of sulfone groups is 1. The third-order valence-electron chi connectivity index (χ3n) is 4.77. The molecule has 2 N–H and O–H groups in total. The second-order valence-corrected chi connectivity index (χ2v) is 9.31. The molecule has 1 aliphatic heterocycles. The number of amides is 1. The zero-order chi connectivity index (χ0) is 18.6. The van der Waals surface area contributed by atoms with Gasteiger partial charge in [0.05, 0.1) is 11.5 Å². The van der Waals surface area contributed by atoms with Crippen molar-refractivity contribution in [3.8, 4) is 0 Å². The van der Waals surface area contributed by atoms with E-state index < -0.39 is 9.84 Å². The quantitative estimate of drug-likeness (QED) is 0.734. The molecule has 0 spiro atoms. The Morgan fingerprint density at radius 2 is 2.15 bits per heavy atom. The van der Waals surface area contributed by atoms with Crippen molar-refractivity contribution >= 4 is 21.7 Å². The third kappa shape index (κ3) is 5.27. The second-order valence-electron chi connectivity index (χ2n) is 7.08. The molecule has 2 heterocycles. The fourth-order valence-corrected chi connectivity index (χ4v) is 5.07. The van der Waals surface area contributed by atoms with Gasteiger partial charge in [0.2, 0.25) is 5.95 Å². The molecule has 1 saturated heterocycles. The summed E-state index contributed by atoms with van der Waals surface area (Å²) in [6, 6.07) is 1.28. The molecule has 8 heteroatoms. The Labute approximate surface area is 154 Å². The van der Waals surface area contributed by atoms with Crippen molar-refractivity contribution in [1.29, 1.82) is 0 Å². The van der Waals surface area contributed by atoms with Crippen molar-refractivity contribution in [1.82, 2.24) is 15.3 Å². The van der Waals surface area contributed by atoms with E-state index in [0.29, 0.717) is 18.1 Å². The van der Waals surface area contributed by atoms with E-state index >= 15 is 0 Å². The lowest BCUT2D eigenvalue weighted by Crippen LogP contribution is -2.36. The van der Waals surface area contributed by atoms with Gasteiger partial charge in [-0.2, -0.15) is 0 Å². The van der Waals surface area contributed by atoms with Crippen molar-refractivity contribution in [3.63, 3.8) is 0 Å². The average molecular weight is 378 g/mol. The van der Waals surface area contributed by atoms with E-state index in [-0.39, 0.29) is 29.1 Å². The molecule has 142 valence electrons. The van der Waals surface area contributed by atoms with Crippen LogP contribution >= 0.6 is 0 Å². The minimum atomic E-state index is -3.03. The van der Waals surface area contributed by atoms with Crippen molar-refractivity contribution in [3.05, 3.63) is 29.1 Å². The summed E-state index contributed by atoms with van der Waals surface area (Å²) in [5, 5.41) is 5.96. The van der Waals surface area contributed by atoms with E-state index in [2.05, 4.69) is 26.7 Å². The maximum Gasteiger partial charge on any atom is 0.270 e. The highest BCUT2D eigenvalue weighted by Crippen LogP contribution is 2.20. The lowest BCUT2D eigenvalue weighted by Gasteiger charge is -2.14. The number of rotatable bonds is 6. The lowest BCUT2D eigenvalue weighted by molar-refractivity contribution is 0.0936. The van der Waals surface area contributed by atoms with Crippen LogP contribution in [0.1, 0.15) is 54.7 Å². The van der Waals surface area contributed by atoms with Gasteiger partial charge in [-0.15, -0.1) is 0 Å². The van der Waals surface area contributed by atoms with Gasteiger partial charge in [0.1, 0.15) is 5.69 Å². The largest absolute Gasteiger partial charge is 0.354 e. The van der Waals surface area contributed by atoms with E-state index in [1.54, 1.807) is 6.07 Å². The molecule has 1 unspecified atom stereocenters. The van der Waals surface area contributed by atoms with Gasteiger partial charge in [-0.3, -0.25) is 4.79 Å². The molecule has 1 aromatic heterocycles. The molecular weight excluding hydrogens is 352 g/mol. The van der Waals surface area contributed by atoms with E-state index in [4.69, 9.17) is 0 Å². The summed E-state index contributed by atoms with van der Waals surface area (Å²) in [5.74, 6) is 0.216. The van der Waals surface area contributed by atoms with Gasteiger partial charge in [-0.05, 0) is 51.5 Å². The van der Waals surface area contributed by atoms with Gasteiger partial charge in [0, 0.05) is 18.3 Å². The van der Waals surface area contributed by atoms with E-state index in [0.717, 1.165) is 25.8 Å². The molecule has 0 aromatic carbocycles. The summed E-state index contributed by atoms with van der Waals surface area (Å²) >= 11 is 0. The maximum absolute atomic E-state index is 12.4. The molecule has 1 amide bonds. The number of carbonyl (C=O) groups is 1. The smallest absolute Gasteiger partial charge is 0.270 e. The fourth-order valence-electron chi connectivity index (χ4n) is 3.40. The summed E-state index contributed by atoms with van der Waals surface area (Å²) in [4.78, 5) is 21.0. The molecule has 2 aliphatic rings. The minimum Gasteiger partial charge on any atom is -0.354 e. The number of aromatic nitrogens is 2. The van der Waals surface area contributed by atoms with Crippen molar-refractivity contribution in [2.24, 2.45) is 0 Å². The van der Waals surface area contributed by atoms with Gasteiger partial charge >= 0.3 is 0 Å². The Kier molecular flexibility index (Phi) is 5.90. The van der Waals surface area contributed by atoms with Crippen LogP contribution in [0.5, 0.6) is 0 Å². The molecule has 0 bridgehead atoms. The van der Waals surface area contributed by atoms with E-state index in [1.807, 2.05) is 6.92 Å². The molecule has 0 radical (unpaired) electrons. The first-order chi connectivity index (χ1) is 12.4. The van der Waals surface area contributed by atoms with Crippen molar-refractivity contribution < 1.29 is 13.2 Å². The molecular formula is C18H26N4O3S. The molecule has 1 aromatic rings. The predicted octanol–water partition coefficient (Wildman–Crippen LogP) is 2.00. The van der Waals surface area contributed by atoms with Crippen LogP contribution in [0.3, 0.4) is 0 Å². The Hall–Kier alpha value is -1.96. The first-order valence-corrected chi connectivity index (χ1v) is 11.0. The summed E-state index contributed by atoms with van der Waals surface area (Å²) in [5.41, 5.74) is 2.43. The van der Waals surface area contributed by atoms with Crippen molar-refractivity contribution in [2.75, 3.05) is 23.4 Å². The third-order valence-corrected chi connectivity index (χ3v) is 6.54. The van der Waals surface area contributed by atoms with Gasteiger partial charge in [-0.25, -0.2) is 18.4 Å². The number of aryl methyl sites for hydroxylation is 1. The number of anilines is 1. The second kappa shape index (κ2) is 8.16. The SMILES string of the molecule is Cc1cc(C(=O)NC2CCS(=O)(=O)C2)nc(NCCC2=CCCCC2)n1. The number of carbonyl (C=O) groups excluding carboxylic acids is 1. The molecule has 1 fully saturated rings. The van der Waals surface area contributed by atoms with Crippen LogP contribution in [0.25, 0.3) is 0 Å². The summed E-state index contributed by atoms with van der Waals surface area (Å²) < 4.78 is 23.0. The predicted molar refractivity (Wildman–Crippen MR) is 101 cm³/mol. The molecule has 1 atom stereocenters. The highest BCUT2D eigenvalue weighted by Gasteiger charge is 2.29. The normalized spacial score (nSPS) is 21.9. The fraction of sp³-hybridized carbons (Fsp3) is 0.611. The zero-order valence-electron chi connectivity index (χ0n) is 15.1. The summed E-state index contributed by atoms with van der Waals surface area (Å²) in [6.45, 7) is 2.55. The number of hydrogen-bond acceptors (Lipinski definition) is 6. The van der Waals surface area contributed by atoms with Gasteiger partial charge in [0.25, 0.3) is 5.91 Å². The van der Waals surface area contributed by atoms with Crippen molar-refractivity contribution in [2.45, 2.75) is 51.5 Å². The summed E-state index contributed by atoms with van der Waals surface area (Å²) in [7, 11) is -3.03. The van der Waals surface area contributed by atoms with Gasteiger partial charge < -0.3 is 10.6 Å². The van der Waals surface area contributed by atoms with E-state index in [9.17, 15) is 13.2 Å². The maximum atomic E-state index is 12.4. The molecule has 26 heavy (non-hydrogen) atoms. The van der Waals surface area contributed by atoms with Crippen LogP contribution in [0, 0.1) is 6.92 Å². The Bertz CT molecular complexity index is 805. The molecule has 7 nitrogen and oxygen atoms in total. The van der Waals surface area contributed by atoms with Gasteiger partial charge in [-0.1, -0.05) is 11.6 Å². The molecule has 0 saturated carbocycles. The van der Waals surface area contributed by atoms with Crippen LogP contribution in [-0.4, -0.2) is 48.4 Å². The first-order valence-electron chi connectivity index (χ1n) is 9.20. The highest BCUT2D eigenvalue weighted by molar-refractivity contribution is 7.91. The number of nitrogens with zero attached hydrogens (tertiary/aromatic N) is 2. The monoisotopic (exact) mass is 378 g/mol. The van der Waals surface area contributed by atoms with Crippen LogP contribution in [0.2, 0.25) is 0 Å². The number of hydrogen-bond donors (Lipinski definition) is 2. The lowest BCUT2D eigenvalue weighted by atomic mass is 9.97. The van der Waals surface area contributed by atoms with Crippen LogP contribution < -0.4 is 10.6 Å². The number of allylic oxidation sites excluding steroid dienone is 1. The number of nitrogens with one attached hydrogen (secondary N) is 2. The van der Waals surface area contributed by atoms with Crippen LogP contribution in [-0.2, 0) is 9.84 Å². The first kappa shape index (κ1) is 18.8. The van der Waals surface area contributed by atoms with Crippen LogP contribution in [0.4, 0.5) is 5.95 Å². The van der Waals surface area contributed by atoms with Crippen LogP contribution in [0.15, 0.2) is 17.7 Å². The summed E-state index contributed by atoms with van der Waals surface area (Å²) in [6.07, 6.45) is 8.59. The minimum absolute atomic E-state index is 0.00300.